The van der Waals surface area contributed by atoms with Crippen LogP contribution in [0.5, 0.6) is 0 Å². The minimum absolute atomic E-state index is 0.179. The molecule has 0 amide bonds. The van der Waals surface area contributed by atoms with Gasteiger partial charge in [-0.3, -0.25) is 4.79 Å². The summed E-state index contributed by atoms with van der Waals surface area (Å²) in [4.78, 5) is 49.7. The fourth-order valence-electron chi connectivity index (χ4n) is 4.93. The van der Waals surface area contributed by atoms with Gasteiger partial charge in [0.15, 0.2) is 12.4 Å². The molecule has 11 heteroatoms. The average Bonchev–Trinajstić information content (AvgIpc) is 3.08. The second-order valence-corrected chi connectivity index (χ2v) is 10.6. The minimum Gasteiger partial charge on any atom is -0.459 e. The number of rotatable bonds is 11. The van der Waals surface area contributed by atoms with E-state index in [-0.39, 0.29) is 13.2 Å². The fraction of sp³-hybridized carbons (Fsp3) is 0.314. The number of hydrogen-bond donors (Lipinski definition) is 0. The standard InChI is InChI=1S/C35H34O11/c1-23(36)42-31-19-17-27(29(44-31)21-40-33(37)24-11-5-2-6-12-24)43-32-20-18-28(46-35(39)26-15-9-4-10-16-26)30(45-32)22-41-34(38)25-13-7-3-8-14-25/h2-16,18,20,27-32H,17,19,21-22H2,1H3/t27-,28-,29+,30+,31-,32-/m0/s1. The van der Waals surface area contributed by atoms with E-state index < -0.39 is 60.9 Å². The largest absolute Gasteiger partial charge is 0.459 e. The summed E-state index contributed by atoms with van der Waals surface area (Å²) in [7, 11) is 0. The van der Waals surface area contributed by atoms with Crippen molar-refractivity contribution in [1.82, 2.24) is 0 Å². The lowest BCUT2D eigenvalue weighted by atomic mass is 10.0. The van der Waals surface area contributed by atoms with E-state index in [2.05, 4.69) is 0 Å². The lowest BCUT2D eigenvalue weighted by Gasteiger charge is -2.38. The second kappa shape index (κ2) is 15.9. The molecule has 3 aromatic rings. The van der Waals surface area contributed by atoms with Crippen LogP contribution in [0.25, 0.3) is 0 Å². The third-order valence-corrected chi connectivity index (χ3v) is 7.20. The van der Waals surface area contributed by atoms with Crippen molar-refractivity contribution in [1.29, 1.82) is 0 Å². The first-order valence-corrected chi connectivity index (χ1v) is 14.9. The molecule has 2 aliphatic rings. The molecule has 1 saturated heterocycles. The molecule has 0 N–H and O–H groups in total. The van der Waals surface area contributed by atoms with Crippen LogP contribution in [-0.4, -0.2) is 74.1 Å². The highest BCUT2D eigenvalue weighted by Crippen LogP contribution is 2.28. The molecule has 0 aliphatic carbocycles. The molecule has 0 bridgehead atoms. The van der Waals surface area contributed by atoms with E-state index >= 15 is 0 Å². The molecule has 0 spiro atoms. The summed E-state index contributed by atoms with van der Waals surface area (Å²) in [6.07, 6.45) is -1.12. The normalized spacial score (nSPS) is 23.9. The molecule has 2 heterocycles. The number of esters is 4. The van der Waals surface area contributed by atoms with E-state index in [9.17, 15) is 19.2 Å². The van der Waals surface area contributed by atoms with Crippen molar-refractivity contribution < 1.29 is 52.3 Å². The van der Waals surface area contributed by atoms with Gasteiger partial charge in [-0.2, -0.15) is 0 Å². The number of carbonyl (C=O) groups excluding carboxylic acids is 4. The van der Waals surface area contributed by atoms with Crippen molar-refractivity contribution in [3.63, 3.8) is 0 Å². The molecule has 46 heavy (non-hydrogen) atoms. The summed E-state index contributed by atoms with van der Waals surface area (Å²) in [5.74, 6) is -2.20. The van der Waals surface area contributed by atoms with E-state index in [1.807, 2.05) is 0 Å². The van der Waals surface area contributed by atoms with Crippen LogP contribution >= 0.6 is 0 Å². The average molecular weight is 631 g/mol. The third kappa shape index (κ3) is 9.10. The summed E-state index contributed by atoms with van der Waals surface area (Å²) in [6, 6.07) is 25.4. The highest BCUT2D eigenvalue weighted by Gasteiger charge is 2.39. The first-order chi connectivity index (χ1) is 22.4. The molecule has 5 rings (SSSR count). The van der Waals surface area contributed by atoms with Crippen molar-refractivity contribution in [2.24, 2.45) is 0 Å². The van der Waals surface area contributed by atoms with Crippen molar-refractivity contribution in [2.45, 2.75) is 56.8 Å². The molecule has 0 aromatic heterocycles. The molecule has 0 unspecified atom stereocenters. The van der Waals surface area contributed by atoms with E-state index in [4.69, 9.17) is 33.2 Å². The highest BCUT2D eigenvalue weighted by atomic mass is 16.7. The van der Waals surface area contributed by atoms with Gasteiger partial charge in [-0.15, -0.1) is 0 Å². The lowest BCUT2D eigenvalue weighted by molar-refractivity contribution is -0.266. The zero-order valence-electron chi connectivity index (χ0n) is 25.1. The van der Waals surface area contributed by atoms with E-state index in [1.165, 1.54) is 6.92 Å². The summed E-state index contributed by atoms with van der Waals surface area (Å²) < 4.78 is 40.4. The topological polar surface area (TPSA) is 133 Å². The van der Waals surface area contributed by atoms with Gasteiger partial charge in [-0.05, 0) is 55.0 Å². The Morgan fingerprint density at radius 1 is 0.630 bits per heavy atom. The minimum atomic E-state index is -0.960. The Bertz CT molecular complexity index is 1490. The van der Waals surface area contributed by atoms with Crippen LogP contribution in [0.2, 0.25) is 0 Å². The number of ether oxygens (including phenoxy) is 7. The van der Waals surface area contributed by atoms with Crippen LogP contribution in [0.15, 0.2) is 103 Å². The van der Waals surface area contributed by atoms with Crippen LogP contribution in [0.1, 0.15) is 50.8 Å². The van der Waals surface area contributed by atoms with Gasteiger partial charge < -0.3 is 33.2 Å². The van der Waals surface area contributed by atoms with Crippen LogP contribution < -0.4 is 0 Å². The number of hydrogen-bond acceptors (Lipinski definition) is 11. The first-order valence-electron chi connectivity index (χ1n) is 14.9. The fourth-order valence-corrected chi connectivity index (χ4v) is 4.93. The second-order valence-electron chi connectivity index (χ2n) is 10.6. The quantitative estimate of drug-likeness (QED) is 0.166. The van der Waals surface area contributed by atoms with E-state index in [0.717, 1.165) is 0 Å². The van der Waals surface area contributed by atoms with Crippen molar-refractivity contribution in [2.75, 3.05) is 13.2 Å². The van der Waals surface area contributed by atoms with Crippen molar-refractivity contribution in [3.05, 3.63) is 120 Å². The van der Waals surface area contributed by atoms with Crippen LogP contribution in [0.4, 0.5) is 0 Å². The molecule has 0 saturated carbocycles. The summed E-state index contributed by atoms with van der Waals surface area (Å²) in [6.45, 7) is 0.864. The third-order valence-electron chi connectivity index (χ3n) is 7.20. The Morgan fingerprint density at radius 2 is 1.15 bits per heavy atom. The Balaban J connectivity index is 1.27. The van der Waals surface area contributed by atoms with Crippen molar-refractivity contribution >= 4 is 23.9 Å². The maximum atomic E-state index is 12.9. The molecule has 0 radical (unpaired) electrons. The van der Waals surface area contributed by atoms with Gasteiger partial charge >= 0.3 is 23.9 Å². The van der Waals surface area contributed by atoms with Gasteiger partial charge in [0.1, 0.15) is 25.4 Å². The Labute approximate surface area is 265 Å². The summed E-state index contributed by atoms with van der Waals surface area (Å²) in [5.41, 5.74) is 1.08. The lowest BCUT2D eigenvalue weighted by Crippen LogP contribution is -2.48. The van der Waals surface area contributed by atoms with Gasteiger partial charge in [0, 0.05) is 13.3 Å². The van der Waals surface area contributed by atoms with E-state index in [1.54, 1.807) is 103 Å². The van der Waals surface area contributed by atoms with Gasteiger partial charge in [0.2, 0.25) is 6.29 Å². The summed E-state index contributed by atoms with van der Waals surface area (Å²) in [5, 5.41) is 0. The monoisotopic (exact) mass is 630 g/mol. The molecule has 6 atom stereocenters. The summed E-state index contributed by atoms with van der Waals surface area (Å²) >= 11 is 0. The zero-order valence-corrected chi connectivity index (χ0v) is 25.1. The maximum absolute atomic E-state index is 12.9. The molecule has 2 aliphatic heterocycles. The smallest absolute Gasteiger partial charge is 0.338 e. The number of carbonyl (C=O) groups is 4. The molecule has 11 nitrogen and oxygen atoms in total. The van der Waals surface area contributed by atoms with Crippen LogP contribution in [0, 0.1) is 0 Å². The molecular weight excluding hydrogens is 596 g/mol. The van der Waals surface area contributed by atoms with Gasteiger partial charge in [-0.1, -0.05) is 54.6 Å². The predicted octanol–water partition coefficient (Wildman–Crippen LogP) is 4.66. The van der Waals surface area contributed by atoms with Crippen molar-refractivity contribution in [3.8, 4) is 0 Å². The van der Waals surface area contributed by atoms with E-state index in [0.29, 0.717) is 29.5 Å². The van der Waals surface area contributed by atoms with Gasteiger partial charge in [0.05, 0.1) is 22.8 Å². The molecule has 1 fully saturated rings. The molecule has 240 valence electrons. The molecule has 3 aromatic carbocycles. The van der Waals surface area contributed by atoms with Gasteiger partial charge in [-0.25, -0.2) is 14.4 Å². The maximum Gasteiger partial charge on any atom is 0.338 e. The Kier molecular flexibility index (Phi) is 11.3. The SMILES string of the molecule is CC(=O)O[C@@H]1CC[C@H](O[C@@H]2C=C[C@H](OC(=O)c3ccccc3)[C@@H](COC(=O)c3ccccc3)O2)[C@@H](COC(=O)c2ccccc2)O1. The van der Waals surface area contributed by atoms with Crippen LogP contribution in [0.3, 0.4) is 0 Å². The first kappa shape index (κ1) is 32.6. The zero-order chi connectivity index (χ0) is 32.3. The number of benzene rings is 3. The molecular formula is C35H34O11. The Hall–Kier alpha value is -4.84. The Morgan fingerprint density at radius 3 is 1.70 bits per heavy atom. The predicted molar refractivity (Wildman–Crippen MR) is 161 cm³/mol. The van der Waals surface area contributed by atoms with Crippen LogP contribution in [-0.2, 0) is 38.0 Å². The highest BCUT2D eigenvalue weighted by molar-refractivity contribution is 5.90. The van der Waals surface area contributed by atoms with Gasteiger partial charge in [0.25, 0.3) is 0 Å².